The van der Waals surface area contributed by atoms with Crippen LogP contribution in [-0.4, -0.2) is 28.4 Å². The van der Waals surface area contributed by atoms with Gasteiger partial charge in [-0.05, 0) is 18.9 Å². The van der Waals surface area contributed by atoms with Crippen LogP contribution in [0.15, 0.2) is 12.3 Å². The SMILES string of the molecule is N#CCCN(C(=O)c1ccnc(NN)c1F)C1CC1. The van der Waals surface area contributed by atoms with Gasteiger partial charge in [0.15, 0.2) is 11.6 Å². The normalized spacial score (nSPS) is 13.7. The fraction of sp³-hybridized carbons (Fsp3) is 0.417. The smallest absolute Gasteiger partial charge is 0.257 e. The van der Waals surface area contributed by atoms with E-state index in [1.807, 2.05) is 6.07 Å². The van der Waals surface area contributed by atoms with Crippen LogP contribution in [-0.2, 0) is 0 Å². The van der Waals surface area contributed by atoms with Crippen LogP contribution in [0.4, 0.5) is 10.2 Å². The molecule has 0 aromatic carbocycles. The molecule has 1 aliphatic rings. The van der Waals surface area contributed by atoms with Gasteiger partial charge in [0, 0.05) is 18.8 Å². The van der Waals surface area contributed by atoms with Crippen molar-refractivity contribution in [3.05, 3.63) is 23.6 Å². The topological polar surface area (TPSA) is 95.0 Å². The number of halogens is 1. The Kier molecular flexibility index (Phi) is 3.92. The van der Waals surface area contributed by atoms with E-state index in [-0.39, 0.29) is 23.8 Å². The second-order valence-corrected chi connectivity index (χ2v) is 4.30. The first-order valence-corrected chi connectivity index (χ1v) is 5.98. The summed E-state index contributed by atoms with van der Waals surface area (Å²) in [6.45, 7) is 0.313. The molecule has 1 amide bonds. The van der Waals surface area contributed by atoms with Gasteiger partial charge in [-0.3, -0.25) is 4.79 Å². The second kappa shape index (κ2) is 5.63. The molecule has 0 spiro atoms. The Balaban J connectivity index is 2.24. The molecular weight excluding hydrogens is 249 g/mol. The standard InChI is InChI=1S/C12H14FN5O/c13-10-9(4-6-16-11(10)17-15)12(19)18(7-1-5-14)8-2-3-8/h4,6,8H,1-3,7,15H2,(H,16,17). The highest BCUT2D eigenvalue weighted by Crippen LogP contribution is 2.29. The van der Waals surface area contributed by atoms with E-state index in [4.69, 9.17) is 11.1 Å². The van der Waals surface area contributed by atoms with Crippen molar-refractivity contribution in [3.63, 3.8) is 0 Å². The first-order valence-electron chi connectivity index (χ1n) is 5.98. The van der Waals surface area contributed by atoms with Gasteiger partial charge in [0.1, 0.15) is 0 Å². The minimum absolute atomic E-state index is 0.0761. The molecule has 3 N–H and O–H groups in total. The second-order valence-electron chi connectivity index (χ2n) is 4.30. The van der Waals surface area contributed by atoms with Gasteiger partial charge in [0.2, 0.25) is 0 Å². The molecule has 1 aliphatic carbocycles. The predicted molar refractivity (Wildman–Crippen MR) is 66.3 cm³/mol. The number of pyridine rings is 1. The summed E-state index contributed by atoms with van der Waals surface area (Å²) in [5.74, 6) is 3.77. The van der Waals surface area contributed by atoms with Gasteiger partial charge < -0.3 is 10.3 Å². The number of nitrogens with zero attached hydrogens (tertiary/aromatic N) is 3. The van der Waals surface area contributed by atoms with Crippen molar-refractivity contribution in [3.8, 4) is 6.07 Å². The van der Waals surface area contributed by atoms with E-state index in [0.29, 0.717) is 6.54 Å². The van der Waals surface area contributed by atoms with E-state index < -0.39 is 11.7 Å². The molecule has 19 heavy (non-hydrogen) atoms. The molecule has 1 aromatic rings. The summed E-state index contributed by atoms with van der Waals surface area (Å²) in [6.07, 6.45) is 3.34. The largest absolute Gasteiger partial charge is 0.335 e. The number of amides is 1. The van der Waals surface area contributed by atoms with Gasteiger partial charge in [0.25, 0.3) is 5.91 Å². The number of aromatic nitrogens is 1. The van der Waals surface area contributed by atoms with Crippen LogP contribution < -0.4 is 11.3 Å². The first-order chi connectivity index (χ1) is 9.19. The van der Waals surface area contributed by atoms with Gasteiger partial charge in [-0.15, -0.1) is 0 Å². The monoisotopic (exact) mass is 263 g/mol. The number of carbonyl (C=O) groups excluding carboxylic acids is 1. The molecule has 0 radical (unpaired) electrons. The number of hydrogen-bond acceptors (Lipinski definition) is 5. The molecule has 0 atom stereocenters. The molecule has 1 heterocycles. The summed E-state index contributed by atoms with van der Waals surface area (Å²) in [5, 5.41) is 8.61. The predicted octanol–water partition coefficient (Wildman–Crippen LogP) is 1.02. The van der Waals surface area contributed by atoms with E-state index >= 15 is 0 Å². The number of nitrogens with two attached hydrogens (primary N) is 1. The molecule has 100 valence electrons. The van der Waals surface area contributed by atoms with Crippen molar-refractivity contribution < 1.29 is 9.18 Å². The van der Waals surface area contributed by atoms with Crippen LogP contribution in [0.1, 0.15) is 29.6 Å². The van der Waals surface area contributed by atoms with E-state index in [0.717, 1.165) is 12.8 Å². The van der Waals surface area contributed by atoms with Crippen LogP contribution in [0.25, 0.3) is 0 Å². The number of nitrogen functional groups attached to an aromatic ring is 1. The van der Waals surface area contributed by atoms with E-state index in [1.165, 1.54) is 12.3 Å². The summed E-state index contributed by atoms with van der Waals surface area (Å²) in [6, 6.07) is 3.43. The number of nitrogens with one attached hydrogen (secondary N) is 1. The number of rotatable bonds is 5. The molecule has 0 aliphatic heterocycles. The molecule has 2 rings (SSSR count). The zero-order chi connectivity index (χ0) is 13.8. The molecule has 0 bridgehead atoms. The maximum Gasteiger partial charge on any atom is 0.257 e. The molecule has 0 saturated heterocycles. The fourth-order valence-electron chi connectivity index (χ4n) is 1.87. The van der Waals surface area contributed by atoms with E-state index in [1.54, 1.807) is 4.90 Å². The van der Waals surface area contributed by atoms with Gasteiger partial charge in [-0.2, -0.15) is 5.26 Å². The Morgan fingerprint density at radius 1 is 1.68 bits per heavy atom. The van der Waals surface area contributed by atoms with Crippen LogP contribution >= 0.6 is 0 Å². The first kappa shape index (κ1) is 13.2. The molecule has 1 saturated carbocycles. The third kappa shape index (κ3) is 2.80. The van der Waals surface area contributed by atoms with Gasteiger partial charge in [-0.25, -0.2) is 15.2 Å². The summed E-state index contributed by atoms with van der Waals surface area (Å²) in [7, 11) is 0. The maximum absolute atomic E-state index is 14.0. The lowest BCUT2D eigenvalue weighted by molar-refractivity contribution is 0.0742. The van der Waals surface area contributed by atoms with Gasteiger partial charge in [0.05, 0.1) is 18.1 Å². The maximum atomic E-state index is 14.0. The quantitative estimate of drug-likeness (QED) is 0.611. The minimum Gasteiger partial charge on any atom is -0.335 e. The summed E-state index contributed by atoms with van der Waals surface area (Å²) < 4.78 is 14.0. The van der Waals surface area contributed by atoms with Crippen molar-refractivity contribution in [2.45, 2.75) is 25.3 Å². The van der Waals surface area contributed by atoms with Gasteiger partial charge >= 0.3 is 0 Å². The molecule has 0 unspecified atom stereocenters. The van der Waals surface area contributed by atoms with Gasteiger partial charge in [-0.1, -0.05) is 0 Å². The zero-order valence-corrected chi connectivity index (χ0v) is 10.3. The number of hydrazine groups is 1. The van der Waals surface area contributed by atoms with Crippen LogP contribution in [0.3, 0.4) is 0 Å². The Morgan fingerprint density at radius 3 is 3.00 bits per heavy atom. The Hall–Kier alpha value is -2.20. The lowest BCUT2D eigenvalue weighted by Crippen LogP contribution is -2.34. The van der Waals surface area contributed by atoms with Crippen LogP contribution in [0.5, 0.6) is 0 Å². The van der Waals surface area contributed by atoms with Crippen LogP contribution in [0.2, 0.25) is 0 Å². The van der Waals surface area contributed by atoms with Crippen molar-refractivity contribution in [2.75, 3.05) is 12.0 Å². The van der Waals surface area contributed by atoms with Crippen LogP contribution in [0, 0.1) is 17.1 Å². The highest BCUT2D eigenvalue weighted by Gasteiger charge is 2.34. The number of hydrogen-bond donors (Lipinski definition) is 2. The Bertz CT molecular complexity index is 523. The van der Waals surface area contributed by atoms with Crippen molar-refractivity contribution >= 4 is 11.7 Å². The van der Waals surface area contributed by atoms with E-state index in [9.17, 15) is 9.18 Å². The lowest BCUT2D eigenvalue weighted by Gasteiger charge is -2.21. The Labute approximate surface area is 110 Å². The fourth-order valence-corrected chi connectivity index (χ4v) is 1.87. The van der Waals surface area contributed by atoms with Crippen molar-refractivity contribution in [2.24, 2.45) is 5.84 Å². The highest BCUT2D eigenvalue weighted by molar-refractivity contribution is 5.95. The third-order valence-electron chi connectivity index (χ3n) is 2.97. The molecule has 6 nitrogen and oxygen atoms in total. The average Bonchev–Trinajstić information content (AvgIpc) is 3.24. The number of anilines is 1. The summed E-state index contributed by atoms with van der Waals surface area (Å²) in [4.78, 5) is 17.5. The van der Waals surface area contributed by atoms with Crippen molar-refractivity contribution in [1.82, 2.24) is 9.88 Å². The third-order valence-corrected chi connectivity index (χ3v) is 2.97. The minimum atomic E-state index is -0.766. The van der Waals surface area contributed by atoms with Crippen molar-refractivity contribution in [1.29, 1.82) is 5.26 Å². The van der Waals surface area contributed by atoms with E-state index in [2.05, 4.69) is 10.4 Å². The highest BCUT2D eigenvalue weighted by atomic mass is 19.1. The Morgan fingerprint density at radius 2 is 2.42 bits per heavy atom. The molecule has 7 heteroatoms. The average molecular weight is 263 g/mol. The zero-order valence-electron chi connectivity index (χ0n) is 10.3. The molecular formula is C12H14FN5O. The number of carbonyl (C=O) groups is 1. The molecule has 1 aromatic heterocycles. The molecule has 1 fully saturated rings. The summed E-state index contributed by atoms with van der Waals surface area (Å²) in [5.41, 5.74) is 2.03. The summed E-state index contributed by atoms with van der Waals surface area (Å²) >= 11 is 0. The lowest BCUT2D eigenvalue weighted by atomic mass is 10.2. The number of nitriles is 1.